The molecule has 34 heavy (non-hydrogen) atoms. The number of aldehydes is 1. The van der Waals surface area contributed by atoms with E-state index in [0.717, 1.165) is 30.3 Å². The van der Waals surface area contributed by atoms with E-state index in [1.54, 1.807) is 0 Å². The summed E-state index contributed by atoms with van der Waals surface area (Å²) in [6.45, 7) is 4.46. The molecule has 0 saturated carbocycles. The maximum Gasteiger partial charge on any atom is 0.306 e. The highest BCUT2D eigenvalue weighted by atomic mass is 16.5. The quantitative estimate of drug-likeness (QED) is 0.135. The van der Waals surface area contributed by atoms with Gasteiger partial charge in [-0.15, -0.1) is 0 Å². The second-order valence-corrected chi connectivity index (χ2v) is 9.50. The van der Waals surface area contributed by atoms with Crippen LogP contribution in [0.4, 0.5) is 0 Å². The molecule has 0 amide bonds. The fraction of sp³-hybridized carbons (Fsp3) is 0.548. The van der Waals surface area contributed by atoms with E-state index in [4.69, 9.17) is 4.74 Å². The second kappa shape index (κ2) is 16.2. The molecule has 2 aromatic carbocycles. The number of aryl methyl sites for hydroxylation is 2. The van der Waals surface area contributed by atoms with Crippen molar-refractivity contribution in [2.45, 2.75) is 103 Å². The highest BCUT2D eigenvalue weighted by molar-refractivity contribution is 5.71. The van der Waals surface area contributed by atoms with Crippen LogP contribution in [-0.4, -0.2) is 19.4 Å². The van der Waals surface area contributed by atoms with Gasteiger partial charge in [-0.3, -0.25) is 4.79 Å². The summed E-state index contributed by atoms with van der Waals surface area (Å²) in [6, 6.07) is 17.3. The molecule has 186 valence electrons. The number of hydrogen-bond donors (Lipinski definition) is 0. The predicted octanol–water partition coefficient (Wildman–Crippen LogP) is 7.95. The summed E-state index contributed by atoms with van der Waals surface area (Å²) >= 11 is 0. The number of rotatable bonds is 17. The number of carbonyl (C=O) groups excluding carboxylic acids is 2. The average molecular weight is 465 g/mol. The molecule has 0 saturated heterocycles. The Labute approximate surface area is 207 Å². The van der Waals surface area contributed by atoms with Crippen LogP contribution in [0.1, 0.15) is 112 Å². The Morgan fingerprint density at radius 2 is 1.21 bits per heavy atom. The molecule has 3 heteroatoms. The molecule has 0 aliphatic rings. The van der Waals surface area contributed by atoms with Crippen molar-refractivity contribution >= 4 is 12.3 Å². The van der Waals surface area contributed by atoms with Gasteiger partial charge < -0.3 is 9.53 Å². The standard InChI is InChI=1S/C31H44O3/c1-4-6-8-10-12-25-14-18-27(19-15-25)29(22-23-32)30(24-31(33)34-3)28-20-16-26(17-21-28)13-11-9-7-5-2/h14-21,23,29-30H,4-13,22,24H2,1-3H3. The van der Waals surface area contributed by atoms with Crippen LogP contribution < -0.4 is 0 Å². The Bertz CT molecular complexity index is 823. The number of unbranched alkanes of at least 4 members (excludes halogenated alkanes) is 6. The lowest BCUT2D eigenvalue weighted by atomic mass is 9.77. The highest BCUT2D eigenvalue weighted by Crippen LogP contribution is 2.38. The molecule has 2 atom stereocenters. The van der Waals surface area contributed by atoms with Gasteiger partial charge in [-0.05, 0) is 53.9 Å². The van der Waals surface area contributed by atoms with Crippen LogP contribution in [0, 0.1) is 0 Å². The van der Waals surface area contributed by atoms with Crippen LogP contribution in [0.3, 0.4) is 0 Å². The van der Waals surface area contributed by atoms with Gasteiger partial charge in [-0.2, -0.15) is 0 Å². The van der Waals surface area contributed by atoms with Crippen LogP contribution in [-0.2, 0) is 27.2 Å². The monoisotopic (exact) mass is 464 g/mol. The molecule has 0 aromatic heterocycles. The maximum atomic E-state index is 12.3. The minimum absolute atomic E-state index is 0.0545. The molecule has 0 heterocycles. The van der Waals surface area contributed by atoms with Gasteiger partial charge in [-0.1, -0.05) is 101 Å². The maximum absolute atomic E-state index is 12.3. The van der Waals surface area contributed by atoms with Crippen molar-refractivity contribution in [3.05, 3.63) is 70.8 Å². The number of esters is 1. The first-order valence-corrected chi connectivity index (χ1v) is 13.3. The zero-order valence-electron chi connectivity index (χ0n) is 21.6. The molecule has 3 nitrogen and oxygen atoms in total. The lowest BCUT2D eigenvalue weighted by molar-refractivity contribution is -0.141. The SMILES string of the molecule is CCCCCCc1ccc(C(CC=O)C(CC(=O)OC)c2ccc(CCCCCC)cc2)cc1. The molecular formula is C31H44O3. The van der Waals surface area contributed by atoms with Crippen molar-refractivity contribution in [1.82, 2.24) is 0 Å². The predicted molar refractivity (Wildman–Crippen MR) is 141 cm³/mol. The summed E-state index contributed by atoms with van der Waals surface area (Å²) in [6.07, 6.45) is 13.8. The Balaban J connectivity index is 2.20. The molecule has 2 aromatic rings. The zero-order valence-corrected chi connectivity index (χ0v) is 21.6. The van der Waals surface area contributed by atoms with Crippen molar-refractivity contribution < 1.29 is 14.3 Å². The summed E-state index contributed by atoms with van der Waals surface area (Å²) in [7, 11) is 1.43. The molecule has 0 spiro atoms. The van der Waals surface area contributed by atoms with Crippen molar-refractivity contribution in [2.24, 2.45) is 0 Å². The number of methoxy groups -OCH3 is 1. The van der Waals surface area contributed by atoms with E-state index in [0.29, 0.717) is 6.42 Å². The third kappa shape index (κ3) is 9.44. The number of carbonyl (C=O) groups is 2. The molecule has 0 aliphatic carbocycles. The Kier molecular flexibility index (Phi) is 13.3. The lowest BCUT2D eigenvalue weighted by Gasteiger charge is -2.26. The number of benzene rings is 2. The normalized spacial score (nSPS) is 12.8. The summed E-state index contributed by atoms with van der Waals surface area (Å²) in [5.74, 6) is -0.388. The summed E-state index contributed by atoms with van der Waals surface area (Å²) in [5, 5.41) is 0. The van der Waals surface area contributed by atoms with E-state index in [9.17, 15) is 9.59 Å². The van der Waals surface area contributed by atoms with Crippen LogP contribution in [0.5, 0.6) is 0 Å². The first kappa shape index (κ1) is 27.8. The van der Waals surface area contributed by atoms with Gasteiger partial charge in [0.05, 0.1) is 13.5 Å². The van der Waals surface area contributed by atoms with Gasteiger partial charge in [0.1, 0.15) is 6.29 Å². The lowest BCUT2D eigenvalue weighted by Crippen LogP contribution is -2.17. The minimum atomic E-state index is -0.239. The molecule has 2 unspecified atom stereocenters. The molecule has 0 radical (unpaired) electrons. The molecule has 2 rings (SSSR count). The molecule has 0 fully saturated rings. The van der Waals surface area contributed by atoms with E-state index in [2.05, 4.69) is 62.4 Å². The summed E-state index contributed by atoms with van der Waals surface area (Å²) < 4.78 is 5.02. The van der Waals surface area contributed by atoms with Crippen molar-refractivity contribution in [3.8, 4) is 0 Å². The Morgan fingerprint density at radius 3 is 1.62 bits per heavy atom. The highest BCUT2D eigenvalue weighted by Gasteiger charge is 2.27. The van der Waals surface area contributed by atoms with Gasteiger partial charge in [0.2, 0.25) is 0 Å². The number of ether oxygens (including phenoxy) is 1. The third-order valence-electron chi connectivity index (χ3n) is 6.90. The van der Waals surface area contributed by atoms with Crippen LogP contribution >= 0.6 is 0 Å². The Morgan fingerprint density at radius 1 is 0.735 bits per heavy atom. The molecule has 0 N–H and O–H groups in total. The van der Waals surface area contributed by atoms with Crippen LogP contribution in [0.25, 0.3) is 0 Å². The van der Waals surface area contributed by atoms with Crippen molar-refractivity contribution in [1.29, 1.82) is 0 Å². The van der Waals surface area contributed by atoms with Gasteiger partial charge in [0.25, 0.3) is 0 Å². The smallest absolute Gasteiger partial charge is 0.306 e. The van der Waals surface area contributed by atoms with Crippen molar-refractivity contribution in [2.75, 3.05) is 7.11 Å². The van der Waals surface area contributed by atoms with Gasteiger partial charge >= 0.3 is 5.97 Å². The van der Waals surface area contributed by atoms with Crippen molar-refractivity contribution in [3.63, 3.8) is 0 Å². The molecule has 0 aliphatic heterocycles. The molecule has 0 bridgehead atoms. The fourth-order valence-electron chi connectivity index (χ4n) is 4.77. The summed E-state index contributed by atoms with van der Waals surface area (Å²) in [5.41, 5.74) is 4.87. The first-order valence-electron chi connectivity index (χ1n) is 13.3. The topological polar surface area (TPSA) is 43.4 Å². The van der Waals surface area contributed by atoms with E-state index in [1.165, 1.54) is 69.6 Å². The second-order valence-electron chi connectivity index (χ2n) is 9.50. The van der Waals surface area contributed by atoms with Crippen LogP contribution in [0.2, 0.25) is 0 Å². The van der Waals surface area contributed by atoms with E-state index >= 15 is 0 Å². The summed E-state index contributed by atoms with van der Waals surface area (Å²) in [4.78, 5) is 24.0. The van der Waals surface area contributed by atoms with Crippen LogP contribution in [0.15, 0.2) is 48.5 Å². The number of hydrogen-bond acceptors (Lipinski definition) is 3. The third-order valence-corrected chi connectivity index (χ3v) is 6.90. The zero-order chi connectivity index (χ0) is 24.6. The Hall–Kier alpha value is -2.42. The average Bonchev–Trinajstić information content (AvgIpc) is 2.87. The van der Waals surface area contributed by atoms with Gasteiger partial charge in [0.15, 0.2) is 0 Å². The van der Waals surface area contributed by atoms with Gasteiger partial charge in [0, 0.05) is 12.3 Å². The fourth-order valence-corrected chi connectivity index (χ4v) is 4.77. The molecular weight excluding hydrogens is 420 g/mol. The van der Waals surface area contributed by atoms with E-state index in [-0.39, 0.29) is 24.2 Å². The van der Waals surface area contributed by atoms with E-state index < -0.39 is 0 Å². The largest absolute Gasteiger partial charge is 0.469 e. The first-order chi connectivity index (χ1) is 16.6. The minimum Gasteiger partial charge on any atom is -0.469 e. The van der Waals surface area contributed by atoms with Gasteiger partial charge in [-0.25, -0.2) is 0 Å². The van der Waals surface area contributed by atoms with E-state index in [1.807, 2.05) is 0 Å².